The number of rotatable bonds is 0. The molecule has 2 aliphatic heterocycles. The molecule has 7 fully saturated rings. The van der Waals surface area contributed by atoms with E-state index in [1.165, 1.54) is 11.1 Å². The van der Waals surface area contributed by atoms with Gasteiger partial charge in [0.2, 0.25) is 0 Å². The number of Topliss-reactive ketones (excluding diaryl/α,β-unsaturated/α-hetero) is 3. The predicted molar refractivity (Wildman–Crippen MR) is 461 cm³/mol. The van der Waals surface area contributed by atoms with Gasteiger partial charge in [-0.1, -0.05) is 130 Å². The van der Waals surface area contributed by atoms with Gasteiger partial charge in [-0.05, 0) is 179 Å². The maximum absolute atomic E-state index is 12.7. The highest BCUT2D eigenvalue weighted by molar-refractivity contribution is 6.01. The minimum atomic E-state index is -0.556. The third-order valence-corrected chi connectivity index (χ3v) is 34.3. The van der Waals surface area contributed by atoms with E-state index in [9.17, 15) is 58.9 Å². The molecule has 0 unspecified atom stereocenters. The molecule has 28 nitrogen and oxygen atoms in total. The summed E-state index contributed by atoms with van der Waals surface area (Å²) in [5.74, 6) is 2.34. The highest BCUT2D eigenvalue weighted by atomic mass is 16.7. The number of hydrogen-bond donors (Lipinski definition) is 8. The number of H-pyrrole nitrogens is 5. The molecule has 6 aromatic rings. The summed E-state index contributed by atoms with van der Waals surface area (Å²) in [4.78, 5) is 130. The molecule has 20 rings (SSSR count). The number of aliphatic hydroxyl groups is 3. The number of nitrogens with zero attached hydrogens (tertiary/aromatic N) is 7. The van der Waals surface area contributed by atoms with Crippen molar-refractivity contribution in [2.24, 2.45) is 68.0 Å². The summed E-state index contributed by atoms with van der Waals surface area (Å²) < 4.78 is 29.7. The largest absolute Gasteiger partial charge is 0.515 e. The van der Waals surface area contributed by atoms with Crippen molar-refractivity contribution < 1.29 is 53.2 Å². The van der Waals surface area contributed by atoms with Crippen molar-refractivity contribution in [1.82, 2.24) is 55.0 Å². The van der Waals surface area contributed by atoms with Crippen LogP contribution in [0.4, 0.5) is 0 Å². The molecule has 12 atom stereocenters. The van der Waals surface area contributed by atoms with Crippen LogP contribution in [0, 0.1) is 79.3 Å². The summed E-state index contributed by atoms with van der Waals surface area (Å²) in [6, 6.07) is 2.13. The van der Waals surface area contributed by atoms with E-state index < -0.39 is 27.8 Å². The Morgan fingerprint density at radius 2 is 0.718 bits per heavy atom. The van der Waals surface area contributed by atoms with Crippen molar-refractivity contribution in [3.8, 4) is 6.07 Å². The van der Waals surface area contributed by atoms with Crippen LogP contribution >= 0.6 is 0 Å². The van der Waals surface area contributed by atoms with Crippen molar-refractivity contribution >= 4 is 17.3 Å². The number of aromatic amines is 5. The fourth-order valence-corrected chi connectivity index (χ4v) is 28.0. The molecule has 0 radical (unpaired) electrons. The Morgan fingerprint density at radius 1 is 0.371 bits per heavy atom. The molecule has 0 bridgehead atoms. The lowest BCUT2D eigenvalue weighted by Crippen LogP contribution is -2.61. The number of aryl methyl sites for hydroxylation is 5. The number of nitriles is 1. The monoisotopic (exact) mass is 1700 g/mol. The number of aromatic nitrogens is 11. The van der Waals surface area contributed by atoms with E-state index in [-0.39, 0.29) is 112 Å². The standard InChI is InChI=1S/C17H24N2O3.2C16H19N3O2.C16H20N2O3.C16H24O4.C15H20N2O2/c1-15(2)12-5-4-11-10-18-14(20)19-13(11)16(12,3)6-7-17(15)21-8-9-22-17;1-15(2)11-5-4-9-7-17-14(20)19-12(9)16(11,3)6-10-8-18-21-13(10)15;1-15(2)11-5-4-9-8-18-14(21)19-12(9)16(11,3)6-10(7-17)13(15)20;1-15(2)11-5-4-9-7-17-14(21)18-12(9)16(11,3)6-10(8-19)13(15)20;1-14(2)12-5-4-11(10-17)13(18)15(12,3)6-7-16(14)19-8-9-20-16;1-14(2)10-5-4-9-8-16-13(19)17-12(9)15(10,3)7-6-11(14)18/h10,12H,4-9H2,1-3H3,(H,18,19,20);7-8,11H,4-6H2,1-3H3,(H,17,19,20);8,11,20H,4-6H2,1-3H3,(H,18,19,21);7-8,11,19H,4-6H2,1-3H3,(H,17,18,21);10,12,17H,4-9H2,1-3H3;8,10H,4-7H2,1-3H3,(H,16,17,19)/b;;;10-8-;11-10+;/t12-,16-;3*11-,16-;12-,15-;10-,15-/m000000/s1. The van der Waals surface area contributed by atoms with Crippen molar-refractivity contribution in [2.75, 3.05) is 26.4 Å². The predicted octanol–water partition coefficient (Wildman–Crippen LogP) is 13.6. The molecule has 6 aromatic heterocycles. The summed E-state index contributed by atoms with van der Waals surface area (Å²) in [7, 11) is 0. The molecule has 14 aliphatic rings. The van der Waals surface area contributed by atoms with Crippen LogP contribution < -0.4 is 28.4 Å². The third-order valence-electron chi connectivity index (χ3n) is 34.3. The number of carbonyl (C=O) groups excluding carboxylic acids is 3. The Hall–Kier alpha value is -9.43. The molecule has 666 valence electrons. The summed E-state index contributed by atoms with van der Waals surface area (Å²) in [5, 5.41) is 42.5. The Morgan fingerprint density at radius 3 is 1.14 bits per heavy atom. The molecular weight excluding hydrogens is 1580 g/mol. The molecule has 2 saturated heterocycles. The van der Waals surface area contributed by atoms with E-state index in [1.54, 1.807) is 31.0 Å². The van der Waals surface area contributed by atoms with Gasteiger partial charge < -0.3 is 63.7 Å². The maximum Gasteiger partial charge on any atom is 0.345 e. The molecule has 5 saturated carbocycles. The number of ether oxygens (including phenoxy) is 4. The van der Waals surface area contributed by atoms with Crippen LogP contribution in [0.2, 0.25) is 0 Å². The number of hydrogen-bond acceptors (Lipinski definition) is 23. The van der Waals surface area contributed by atoms with E-state index in [0.717, 1.165) is 178 Å². The van der Waals surface area contributed by atoms with E-state index >= 15 is 0 Å². The van der Waals surface area contributed by atoms with Crippen LogP contribution in [0.5, 0.6) is 0 Å². The highest BCUT2D eigenvalue weighted by Gasteiger charge is 2.67. The molecule has 0 aromatic carbocycles. The van der Waals surface area contributed by atoms with Crippen molar-refractivity contribution in [3.05, 3.63) is 192 Å². The smallest absolute Gasteiger partial charge is 0.345 e. The minimum absolute atomic E-state index is 0.00679. The Labute approximate surface area is 723 Å². The number of fused-ring (bicyclic) bond motifs is 17. The lowest BCUT2D eigenvalue weighted by molar-refractivity contribution is -0.281. The Kier molecular flexibility index (Phi) is 22.5. The third kappa shape index (κ3) is 14.0. The van der Waals surface area contributed by atoms with Crippen molar-refractivity contribution in [2.45, 2.75) is 304 Å². The van der Waals surface area contributed by atoms with Gasteiger partial charge in [0.05, 0.1) is 56.8 Å². The molecule has 8 N–H and O–H groups in total. The van der Waals surface area contributed by atoms with Crippen LogP contribution in [0.1, 0.15) is 289 Å². The van der Waals surface area contributed by atoms with E-state index in [1.807, 2.05) is 40.8 Å². The zero-order valence-corrected chi connectivity index (χ0v) is 75.5. The molecule has 0 amide bonds. The Bertz CT molecular complexity index is 5710. The van der Waals surface area contributed by atoms with Crippen molar-refractivity contribution in [1.29, 1.82) is 5.26 Å². The fraction of sp³-hybridized carbons (Fsp3) is 0.656. The van der Waals surface area contributed by atoms with Gasteiger partial charge in [0.1, 0.15) is 17.3 Å². The van der Waals surface area contributed by atoms with E-state index in [4.69, 9.17) is 23.5 Å². The number of aliphatic hydroxyl groups excluding tert-OH is 3. The highest BCUT2D eigenvalue weighted by Crippen LogP contribution is 2.66. The molecule has 2 spiro atoms. The van der Waals surface area contributed by atoms with Crippen LogP contribution in [0.15, 0.2) is 101 Å². The summed E-state index contributed by atoms with van der Waals surface area (Å²) in [6.07, 6.45) is 29.7. The van der Waals surface area contributed by atoms with Crippen LogP contribution in [0.3, 0.4) is 0 Å². The number of allylic oxidation sites excluding steroid dienone is 4. The average Bonchev–Trinajstić information content (AvgIpc) is 1.07. The van der Waals surface area contributed by atoms with Gasteiger partial charge in [0.15, 0.2) is 23.1 Å². The second kappa shape index (κ2) is 31.3. The molecule has 8 heterocycles. The van der Waals surface area contributed by atoms with Crippen molar-refractivity contribution in [3.63, 3.8) is 0 Å². The first-order valence-electron chi connectivity index (χ1n) is 44.7. The van der Waals surface area contributed by atoms with Gasteiger partial charge in [0, 0.05) is 160 Å². The lowest BCUT2D eigenvalue weighted by atomic mass is 9.48. The number of ketones is 3. The van der Waals surface area contributed by atoms with Gasteiger partial charge in [-0.25, -0.2) is 48.9 Å². The molecule has 28 heteroatoms. The minimum Gasteiger partial charge on any atom is -0.515 e. The number of carbonyl (C=O) groups is 3. The first kappa shape index (κ1) is 89.4. The summed E-state index contributed by atoms with van der Waals surface area (Å²) >= 11 is 0. The molecule has 12 aliphatic carbocycles. The SMILES string of the molecule is CC1(C)C(=O)/C(=C\O)C[C@]2(C)c3[nH]c(=O)ncc3CC[C@@H]12.CC1(C)C(=O)CC[C@]2(C)c3[nH]c(=O)ncc3CC[C@@H]12.CC1(C)C(O)=C(C#N)C[C@]2(C)c3[nH]c(=O)ncc3CC[C@@H]12.CC1(C)[C@@H]2CC/C(=C\O)C(=O)[C@@]2(C)CCC12OCCO2.CC1(C)[C@@H]2CCc3cnc(=O)[nH]c3[C@@]2(C)CCC12OCCO2.CC1(C)c2oncc2C[C@]2(C)c3[nH]c(=O)ncc3CC[C@@H]12. The van der Waals surface area contributed by atoms with Gasteiger partial charge in [-0.15, -0.1) is 0 Å². The van der Waals surface area contributed by atoms with Gasteiger partial charge in [-0.3, -0.25) is 14.4 Å². The topological polar surface area (TPSA) is 427 Å². The number of nitrogens with one attached hydrogen (secondary N) is 5. The average molecular weight is 1700 g/mol. The van der Waals surface area contributed by atoms with E-state index in [2.05, 4.69) is 151 Å². The Balaban J connectivity index is 0.000000115. The van der Waals surface area contributed by atoms with Gasteiger partial charge in [-0.2, -0.15) is 5.26 Å². The maximum atomic E-state index is 12.7. The van der Waals surface area contributed by atoms with Gasteiger partial charge >= 0.3 is 28.4 Å². The fourth-order valence-electron chi connectivity index (χ4n) is 28.0. The first-order chi connectivity index (χ1) is 58.1. The normalized spacial score (nSPS) is 33.5. The van der Waals surface area contributed by atoms with E-state index in [0.29, 0.717) is 92.4 Å². The zero-order valence-electron chi connectivity index (χ0n) is 75.5. The molecular formula is C96H126N12O16. The summed E-state index contributed by atoms with van der Waals surface area (Å²) in [6.45, 7) is 40.9. The first-order valence-corrected chi connectivity index (χ1v) is 44.7. The second-order valence-electron chi connectivity index (χ2n) is 42.8. The lowest BCUT2D eigenvalue weighted by Gasteiger charge is -2.59. The second-order valence-corrected chi connectivity index (χ2v) is 42.8. The summed E-state index contributed by atoms with van der Waals surface area (Å²) in [5.41, 5.74) is 8.51. The molecule has 124 heavy (non-hydrogen) atoms. The van der Waals surface area contributed by atoms with Crippen LogP contribution in [-0.2, 0) is 104 Å². The van der Waals surface area contributed by atoms with Crippen LogP contribution in [-0.4, -0.2) is 126 Å². The van der Waals surface area contributed by atoms with Crippen LogP contribution in [0.25, 0.3) is 0 Å². The quantitative estimate of drug-likeness (QED) is 0.0517. The van der Waals surface area contributed by atoms with Gasteiger partial charge in [0.25, 0.3) is 0 Å². The zero-order chi connectivity index (χ0) is 89.7.